The number of pyridine rings is 2. The third-order valence-electron chi connectivity index (χ3n) is 6.94. The third-order valence-corrected chi connectivity index (χ3v) is 7.69. The second-order valence-electron chi connectivity index (χ2n) is 10.1. The fourth-order valence-corrected chi connectivity index (χ4v) is 5.20. The molecule has 0 unspecified atom stereocenters. The zero-order valence-corrected chi connectivity index (χ0v) is 29.7. The molecule has 13 heteroatoms. The van der Waals surface area contributed by atoms with Crippen LogP contribution in [-0.2, 0) is 23.1 Å². The molecule has 5 rings (SSSR count). The minimum Gasteiger partial charge on any atom is -0.495 e. The number of nitrogens with one attached hydrogen (secondary N) is 3. The van der Waals surface area contributed by atoms with Crippen molar-refractivity contribution in [3.05, 3.63) is 88.8 Å². The van der Waals surface area contributed by atoms with Crippen molar-refractivity contribution in [1.82, 2.24) is 19.7 Å². The summed E-state index contributed by atoms with van der Waals surface area (Å²) >= 11 is 13.5. The largest absolute Gasteiger partial charge is 0.495 e. The number of benzene rings is 2. The van der Waals surface area contributed by atoms with Gasteiger partial charge in [-0.25, -0.2) is 9.97 Å². The van der Waals surface area contributed by atoms with Crippen LogP contribution in [0.1, 0.15) is 18.1 Å². The molecule has 0 aliphatic rings. The minimum absolute atomic E-state index is 0.337. The van der Waals surface area contributed by atoms with E-state index >= 15 is 0 Å². The molecule has 0 atom stereocenters. The average Bonchev–Trinajstić information content (AvgIpc) is 3.53. The molecule has 3 N–H and O–H groups in total. The lowest BCUT2D eigenvalue weighted by atomic mass is 10.1. The second kappa shape index (κ2) is 18.5. The van der Waals surface area contributed by atoms with Crippen molar-refractivity contribution in [2.24, 2.45) is 7.05 Å². The standard InChI is InChI=1S/C29H29Cl2N7O2.C3H8O.C3H4O/c1-16-7-6-8-20(32-2)28(16)37-24-10-19-18(14-33-24)9-21(36-29(19)34-12-17-13-35-38(3)15-17)25-26(30)22(39-4)11-23(40-5)27(25)31;1-3-4-2;1-2-3-4/h6-11,13-15,32H,12H2,1-5H3,(H,33,37)(H,34,36);3H2,1-2H3;2-3H,1H2. The van der Waals surface area contributed by atoms with Gasteiger partial charge in [0.25, 0.3) is 0 Å². The van der Waals surface area contributed by atoms with Gasteiger partial charge in [-0.3, -0.25) is 9.48 Å². The van der Waals surface area contributed by atoms with E-state index in [1.165, 1.54) is 6.08 Å². The Balaban J connectivity index is 0.000000705. The SMILES string of the molecule is C=CC=O.CCOC.CNc1cccc(C)c1Nc1cc2c(NCc3cnn(C)c3)nc(-c3c(Cl)c(OC)cc(OC)c3Cl)cc2cn1. The van der Waals surface area contributed by atoms with Gasteiger partial charge in [0.2, 0.25) is 0 Å². The van der Waals surface area contributed by atoms with Gasteiger partial charge in [0.1, 0.15) is 29.4 Å². The van der Waals surface area contributed by atoms with E-state index in [0.29, 0.717) is 57.3 Å². The van der Waals surface area contributed by atoms with Gasteiger partial charge in [0, 0.05) is 74.7 Å². The minimum atomic E-state index is 0.337. The van der Waals surface area contributed by atoms with Crippen molar-refractivity contribution in [2.75, 3.05) is 50.9 Å². The van der Waals surface area contributed by atoms with E-state index in [2.05, 4.69) is 45.4 Å². The Morgan fingerprint density at radius 1 is 1.04 bits per heavy atom. The monoisotopic (exact) mass is 693 g/mol. The third kappa shape index (κ3) is 9.37. The van der Waals surface area contributed by atoms with Crippen molar-refractivity contribution < 1.29 is 19.0 Å². The molecule has 11 nitrogen and oxygen atoms in total. The van der Waals surface area contributed by atoms with Gasteiger partial charge < -0.3 is 30.2 Å². The molecular formula is C35H41Cl2N7O4. The lowest BCUT2D eigenvalue weighted by Gasteiger charge is -2.17. The molecular weight excluding hydrogens is 653 g/mol. The van der Waals surface area contributed by atoms with Gasteiger partial charge in [-0.2, -0.15) is 5.10 Å². The van der Waals surface area contributed by atoms with Crippen LogP contribution in [0.25, 0.3) is 22.0 Å². The van der Waals surface area contributed by atoms with Crippen LogP contribution in [-0.4, -0.2) is 61.0 Å². The average molecular weight is 695 g/mol. The van der Waals surface area contributed by atoms with Crippen LogP contribution in [0, 0.1) is 6.92 Å². The van der Waals surface area contributed by atoms with Crippen LogP contribution in [0.2, 0.25) is 10.0 Å². The van der Waals surface area contributed by atoms with E-state index in [4.69, 9.17) is 47.4 Å². The highest BCUT2D eigenvalue weighted by Crippen LogP contribution is 2.46. The maximum atomic E-state index is 9.06. The summed E-state index contributed by atoms with van der Waals surface area (Å²) in [7, 11) is 8.54. The molecule has 0 amide bonds. The number of aromatic nitrogens is 4. The molecule has 0 fully saturated rings. The number of fused-ring (bicyclic) bond motifs is 1. The number of carbonyl (C=O) groups excluding carboxylic acids is 1. The smallest absolute Gasteiger partial charge is 0.142 e. The molecule has 0 saturated heterocycles. The normalized spacial score (nSPS) is 10.2. The molecule has 0 aliphatic carbocycles. The van der Waals surface area contributed by atoms with Crippen LogP contribution in [0.3, 0.4) is 0 Å². The molecule has 5 aromatic rings. The highest BCUT2D eigenvalue weighted by atomic mass is 35.5. The van der Waals surface area contributed by atoms with Crippen LogP contribution in [0.4, 0.5) is 23.0 Å². The summed E-state index contributed by atoms with van der Waals surface area (Å²) in [5, 5.41) is 16.8. The summed E-state index contributed by atoms with van der Waals surface area (Å²) in [6.07, 6.45) is 7.39. The van der Waals surface area contributed by atoms with E-state index in [1.54, 1.807) is 38.3 Å². The number of methoxy groups -OCH3 is 3. The molecule has 0 radical (unpaired) electrons. The van der Waals surface area contributed by atoms with E-state index in [9.17, 15) is 0 Å². The molecule has 0 spiro atoms. The van der Waals surface area contributed by atoms with Gasteiger partial charge in [0.05, 0.1) is 47.5 Å². The summed E-state index contributed by atoms with van der Waals surface area (Å²) in [6.45, 7) is 8.45. The lowest BCUT2D eigenvalue weighted by Crippen LogP contribution is -2.05. The van der Waals surface area contributed by atoms with Crippen molar-refractivity contribution in [3.8, 4) is 22.8 Å². The van der Waals surface area contributed by atoms with Crippen LogP contribution >= 0.6 is 23.2 Å². The number of halogens is 2. The number of allylic oxidation sites excluding steroid dienone is 1. The quantitative estimate of drug-likeness (QED) is 0.0923. The first kappa shape index (κ1) is 37.6. The van der Waals surface area contributed by atoms with Crippen LogP contribution in [0.15, 0.2) is 67.6 Å². The van der Waals surface area contributed by atoms with Gasteiger partial charge in [-0.15, -0.1) is 0 Å². The Kier molecular flexibility index (Phi) is 14.5. The number of carbonyl (C=O) groups is 1. The highest BCUT2D eigenvalue weighted by Gasteiger charge is 2.21. The molecule has 3 aromatic heterocycles. The Hall–Kier alpha value is -4.84. The summed E-state index contributed by atoms with van der Waals surface area (Å²) < 4.78 is 17.3. The van der Waals surface area contributed by atoms with Crippen molar-refractivity contribution in [1.29, 1.82) is 0 Å². The first-order chi connectivity index (χ1) is 23.1. The number of hydrogen-bond acceptors (Lipinski definition) is 10. The number of ether oxygens (including phenoxy) is 3. The van der Waals surface area contributed by atoms with Gasteiger partial charge in [0.15, 0.2) is 0 Å². The number of anilines is 4. The number of nitrogens with zero attached hydrogens (tertiary/aromatic N) is 4. The van der Waals surface area contributed by atoms with Crippen molar-refractivity contribution in [3.63, 3.8) is 0 Å². The molecule has 0 saturated carbocycles. The number of rotatable bonds is 11. The number of hydrogen-bond donors (Lipinski definition) is 3. The first-order valence-electron chi connectivity index (χ1n) is 14.9. The summed E-state index contributed by atoms with van der Waals surface area (Å²) in [5.41, 5.74) is 5.08. The fraction of sp³-hybridized carbons (Fsp3) is 0.257. The molecule has 254 valence electrons. The molecule has 2 aromatic carbocycles. The van der Waals surface area contributed by atoms with Crippen molar-refractivity contribution in [2.45, 2.75) is 20.4 Å². The van der Waals surface area contributed by atoms with E-state index in [0.717, 1.165) is 39.9 Å². The number of aryl methyl sites for hydroxylation is 2. The maximum absolute atomic E-state index is 9.06. The fourth-order valence-electron chi connectivity index (χ4n) is 4.51. The molecule has 0 bridgehead atoms. The van der Waals surface area contributed by atoms with Crippen LogP contribution in [0.5, 0.6) is 11.5 Å². The Labute approximate surface area is 291 Å². The topological polar surface area (TPSA) is 124 Å². The maximum Gasteiger partial charge on any atom is 0.142 e. The van der Waals surface area contributed by atoms with E-state index in [1.807, 2.05) is 57.7 Å². The molecule has 3 heterocycles. The van der Waals surface area contributed by atoms with Gasteiger partial charge in [-0.05, 0) is 43.7 Å². The first-order valence-corrected chi connectivity index (χ1v) is 15.6. The highest BCUT2D eigenvalue weighted by molar-refractivity contribution is 6.41. The Morgan fingerprint density at radius 3 is 2.25 bits per heavy atom. The number of para-hydroxylation sites is 1. The Morgan fingerprint density at radius 2 is 1.71 bits per heavy atom. The molecule has 0 aliphatic heterocycles. The lowest BCUT2D eigenvalue weighted by molar-refractivity contribution is -0.104. The number of aldehydes is 1. The Bertz CT molecular complexity index is 1810. The zero-order chi connectivity index (χ0) is 35.2. The second-order valence-corrected chi connectivity index (χ2v) is 10.9. The van der Waals surface area contributed by atoms with Gasteiger partial charge >= 0.3 is 0 Å². The summed E-state index contributed by atoms with van der Waals surface area (Å²) in [6, 6.07) is 11.6. The van der Waals surface area contributed by atoms with Gasteiger partial charge in [-0.1, -0.05) is 41.9 Å². The summed E-state index contributed by atoms with van der Waals surface area (Å²) in [4.78, 5) is 18.7. The summed E-state index contributed by atoms with van der Waals surface area (Å²) in [5.74, 6) is 2.17. The van der Waals surface area contributed by atoms with Crippen LogP contribution < -0.4 is 25.4 Å². The van der Waals surface area contributed by atoms with E-state index < -0.39 is 0 Å². The predicted octanol–water partition coefficient (Wildman–Crippen LogP) is 8.08. The van der Waals surface area contributed by atoms with Crippen molar-refractivity contribution >= 4 is 63.3 Å². The predicted molar refractivity (Wildman–Crippen MR) is 196 cm³/mol. The zero-order valence-electron chi connectivity index (χ0n) is 28.1. The molecule has 48 heavy (non-hydrogen) atoms. The van der Waals surface area contributed by atoms with E-state index in [-0.39, 0.29) is 0 Å².